The van der Waals surface area contributed by atoms with E-state index in [-0.39, 0.29) is 12.2 Å². The minimum atomic E-state index is -0.700. The summed E-state index contributed by atoms with van der Waals surface area (Å²) >= 11 is 2.22. The van der Waals surface area contributed by atoms with Gasteiger partial charge in [0.05, 0.1) is 29.1 Å². The second-order valence-electron chi connectivity index (χ2n) is 12.6. The number of ether oxygens (including phenoxy) is 2. The van der Waals surface area contributed by atoms with E-state index in [1.165, 1.54) is 80.9 Å². The normalized spacial score (nSPS) is 15.8. The molecule has 2 fully saturated rings. The van der Waals surface area contributed by atoms with Crippen LogP contribution in [0.25, 0.3) is 11.1 Å². The molecule has 3 nitrogen and oxygen atoms in total. The topological polar surface area (TPSA) is 44.5 Å². The molecule has 0 radical (unpaired) electrons. The van der Waals surface area contributed by atoms with Gasteiger partial charge in [-0.25, -0.2) is 0 Å². The van der Waals surface area contributed by atoms with Crippen molar-refractivity contribution in [2.45, 2.75) is 122 Å². The zero-order valence-electron chi connectivity index (χ0n) is 27.2. The fourth-order valence-electron chi connectivity index (χ4n) is 6.78. The Balaban J connectivity index is 0.000000409. The van der Waals surface area contributed by atoms with Crippen LogP contribution in [0.2, 0.25) is 0 Å². The van der Waals surface area contributed by atoms with E-state index in [0.29, 0.717) is 6.54 Å². The van der Waals surface area contributed by atoms with E-state index in [2.05, 4.69) is 104 Å². The summed E-state index contributed by atoms with van der Waals surface area (Å²) in [5, 5.41) is 1.63. The van der Waals surface area contributed by atoms with Gasteiger partial charge in [-0.15, -0.1) is 0 Å². The van der Waals surface area contributed by atoms with Gasteiger partial charge in [0.2, 0.25) is 0 Å². The zero-order valence-corrected chi connectivity index (χ0v) is 30.5. The Labute approximate surface area is 284 Å². The number of benzene rings is 3. The summed E-state index contributed by atoms with van der Waals surface area (Å²) in [5.41, 5.74) is 10.9. The SMILES string of the molecule is CC(C)Oc1cccc(OC(C)C)c1-c1ccccc1[PH+](C1CCCCC1)C1CCCCC1.NCCc1[c-]cccc1.[Cl][Pd+]. The van der Waals surface area contributed by atoms with Gasteiger partial charge in [0.25, 0.3) is 0 Å². The van der Waals surface area contributed by atoms with Gasteiger partial charge < -0.3 is 15.2 Å². The van der Waals surface area contributed by atoms with Crippen molar-refractivity contribution >= 4 is 22.8 Å². The number of hydrogen-bond donors (Lipinski definition) is 1. The van der Waals surface area contributed by atoms with Crippen molar-refractivity contribution in [2.75, 3.05) is 6.54 Å². The van der Waals surface area contributed by atoms with Crippen LogP contribution < -0.4 is 20.5 Å². The molecule has 0 spiro atoms. The fraction of sp³-hybridized carbons (Fsp3) is 0.526. The number of halogens is 1. The van der Waals surface area contributed by atoms with E-state index in [0.717, 1.165) is 29.2 Å². The summed E-state index contributed by atoms with van der Waals surface area (Å²) in [5.74, 6) is 1.92. The van der Waals surface area contributed by atoms with Crippen LogP contribution in [0.5, 0.6) is 11.5 Å². The molecule has 0 heterocycles. The molecule has 0 saturated heterocycles. The second-order valence-corrected chi connectivity index (χ2v) is 15.6. The van der Waals surface area contributed by atoms with Crippen LogP contribution >= 0.6 is 17.5 Å². The molecule has 44 heavy (non-hydrogen) atoms. The molecule has 0 unspecified atom stereocenters. The third-order valence-corrected chi connectivity index (χ3v) is 12.5. The van der Waals surface area contributed by atoms with Crippen molar-refractivity contribution < 1.29 is 27.7 Å². The molecule has 3 aromatic rings. The quantitative estimate of drug-likeness (QED) is 0.128. The Kier molecular flexibility index (Phi) is 17.4. The molecule has 0 bridgehead atoms. The van der Waals surface area contributed by atoms with E-state index in [4.69, 9.17) is 15.2 Å². The van der Waals surface area contributed by atoms with Crippen LogP contribution in [0.1, 0.15) is 97.5 Å². The van der Waals surface area contributed by atoms with Crippen molar-refractivity contribution in [1.82, 2.24) is 0 Å². The average molecular weight is 730 g/mol. The van der Waals surface area contributed by atoms with Crippen molar-refractivity contribution in [3.8, 4) is 22.6 Å². The first-order valence-electron chi connectivity index (χ1n) is 16.7. The summed E-state index contributed by atoms with van der Waals surface area (Å²) in [7, 11) is 3.79. The zero-order chi connectivity index (χ0) is 31.7. The maximum atomic E-state index is 6.38. The fourth-order valence-corrected chi connectivity index (χ4v) is 11.2. The molecular weight excluding hydrogens is 675 g/mol. The average Bonchev–Trinajstić information content (AvgIpc) is 3.04. The molecule has 244 valence electrons. The predicted molar refractivity (Wildman–Crippen MR) is 189 cm³/mol. The van der Waals surface area contributed by atoms with Gasteiger partial charge in [0, 0.05) is 13.5 Å². The van der Waals surface area contributed by atoms with Gasteiger partial charge in [-0.1, -0.05) is 37.1 Å². The molecule has 6 heteroatoms. The third-order valence-electron chi connectivity index (χ3n) is 8.50. The van der Waals surface area contributed by atoms with Crippen molar-refractivity contribution in [3.63, 3.8) is 0 Å². The minimum absolute atomic E-state index is 0.131. The Bertz CT molecular complexity index is 1150. The van der Waals surface area contributed by atoms with Crippen LogP contribution in [0.15, 0.2) is 66.7 Å². The van der Waals surface area contributed by atoms with E-state index in [1.54, 1.807) is 5.30 Å². The number of nitrogens with two attached hydrogens (primary N) is 1. The molecule has 0 atom stereocenters. The Morgan fingerprint density at radius 1 is 0.750 bits per heavy atom. The molecule has 2 saturated carbocycles. The van der Waals surface area contributed by atoms with Crippen molar-refractivity contribution in [1.29, 1.82) is 0 Å². The predicted octanol–water partition coefficient (Wildman–Crippen LogP) is 10.1. The molecular formula is C38H54ClNO2PPd+. The first-order valence-corrected chi connectivity index (χ1v) is 20.3. The molecule has 0 aliphatic heterocycles. The first kappa shape index (κ1) is 37.1. The van der Waals surface area contributed by atoms with Crippen LogP contribution in [-0.4, -0.2) is 30.1 Å². The van der Waals surface area contributed by atoms with Crippen LogP contribution in [0.3, 0.4) is 0 Å². The van der Waals surface area contributed by atoms with Crippen LogP contribution in [-0.2, 0) is 24.6 Å². The summed E-state index contributed by atoms with van der Waals surface area (Å²) in [6, 6.07) is 26.6. The van der Waals surface area contributed by atoms with E-state index >= 15 is 0 Å². The molecule has 2 N–H and O–H groups in total. The van der Waals surface area contributed by atoms with Crippen LogP contribution in [0.4, 0.5) is 0 Å². The summed E-state index contributed by atoms with van der Waals surface area (Å²) in [6.45, 7) is 9.17. The van der Waals surface area contributed by atoms with E-state index < -0.39 is 7.92 Å². The second kappa shape index (κ2) is 20.7. The molecule has 0 aromatic heterocycles. The standard InChI is InChI=1S/C30H43O2P.C8H10N.ClH.Pd/c1-22(2)31-27-19-13-20-28(32-23(3)4)30(27)26-18-11-12-21-29(26)33(24-14-7-5-8-15-24)25-16-9-6-10-17-25;9-7-6-8-4-2-1-3-5-8;;/h11-13,18-25H,5-10,14-17H2,1-4H3;1-4H,6-7,9H2;1H;/q;-1;;+2. The molecule has 0 amide bonds. The van der Waals surface area contributed by atoms with Gasteiger partial charge in [0.1, 0.15) is 16.8 Å². The third kappa shape index (κ3) is 11.4. The van der Waals surface area contributed by atoms with Gasteiger partial charge in [-0.3, -0.25) is 0 Å². The molecule has 2 aliphatic rings. The monoisotopic (exact) mass is 728 g/mol. The summed E-state index contributed by atoms with van der Waals surface area (Å²) in [6.07, 6.45) is 15.4. The van der Waals surface area contributed by atoms with E-state index in [9.17, 15) is 0 Å². The Hall–Kier alpha value is -1.40. The molecule has 5 rings (SSSR count). The summed E-state index contributed by atoms with van der Waals surface area (Å²) in [4.78, 5) is 0. The Morgan fingerprint density at radius 3 is 1.75 bits per heavy atom. The van der Waals surface area contributed by atoms with Gasteiger partial charge >= 0.3 is 27.7 Å². The number of rotatable bonds is 10. The van der Waals surface area contributed by atoms with Gasteiger partial charge in [-0.2, -0.15) is 35.9 Å². The van der Waals surface area contributed by atoms with Gasteiger partial charge in [-0.05, 0) is 110 Å². The maximum absolute atomic E-state index is 6.38. The van der Waals surface area contributed by atoms with Gasteiger partial charge in [0.15, 0.2) is 0 Å². The summed E-state index contributed by atoms with van der Waals surface area (Å²) < 4.78 is 12.8. The number of hydrogen-bond acceptors (Lipinski definition) is 3. The molecule has 2 aliphatic carbocycles. The van der Waals surface area contributed by atoms with E-state index in [1.807, 2.05) is 24.3 Å². The van der Waals surface area contributed by atoms with Crippen molar-refractivity contribution in [2.24, 2.45) is 5.73 Å². The van der Waals surface area contributed by atoms with Crippen LogP contribution in [0, 0.1) is 6.07 Å². The molecule has 3 aromatic carbocycles. The van der Waals surface area contributed by atoms with Crippen molar-refractivity contribution in [3.05, 3.63) is 78.4 Å². The Morgan fingerprint density at radius 2 is 1.27 bits per heavy atom. The first-order chi connectivity index (χ1) is 21.5.